The minimum absolute atomic E-state index is 0.0965. The number of nitrogen functional groups attached to an aromatic ring is 1. The summed E-state index contributed by atoms with van der Waals surface area (Å²) in [5.41, 5.74) is 6.45. The SMILES string of the molecule is Nc1nnc(SCC(=O)NCC2CN(Cc3ccc(F)c(Cl)c3)CCO2)s1. The summed E-state index contributed by atoms with van der Waals surface area (Å²) in [6, 6.07) is 4.74. The van der Waals surface area contributed by atoms with Gasteiger partial charge in [0.05, 0.1) is 23.5 Å². The number of rotatable bonds is 7. The Hall–Kier alpha value is -1.46. The number of nitrogens with zero attached hydrogens (tertiary/aromatic N) is 3. The molecule has 2 heterocycles. The lowest BCUT2D eigenvalue weighted by Crippen LogP contribution is -2.47. The van der Waals surface area contributed by atoms with Crippen LogP contribution in [0.1, 0.15) is 5.56 Å². The number of benzene rings is 1. The number of morpholine rings is 1. The van der Waals surface area contributed by atoms with Crippen LogP contribution in [0, 0.1) is 5.82 Å². The average molecular weight is 432 g/mol. The number of nitrogens with one attached hydrogen (secondary N) is 1. The molecule has 0 bridgehead atoms. The Labute approximate surface area is 169 Å². The summed E-state index contributed by atoms with van der Waals surface area (Å²) < 4.78 is 19.7. The lowest BCUT2D eigenvalue weighted by molar-refractivity contribution is -0.119. The molecule has 0 saturated carbocycles. The third kappa shape index (κ3) is 6.28. The maximum Gasteiger partial charge on any atom is 0.230 e. The zero-order chi connectivity index (χ0) is 19.2. The molecule has 0 aliphatic carbocycles. The van der Waals surface area contributed by atoms with E-state index in [4.69, 9.17) is 22.1 Å². The Balaban J connectivity index is 1.41. The number of thioether (sulfide) groups is 1. The lowest BCUT2D eigenvalue weighted by Gasteiger charge is -2.33. The minimum atomic E-state index is -0.419. The molecule has 1 aliphatic rings. The highest BCUT2D eigenvalue weighted by molar-refractivity contribution is 8.01. The first-order chi connectivity index (χ1) is 13.0. The quantitative estimate of drug-likeness (QED) is 0.648. The van der Waals surface area contributed by atoms with E-state index in [1.165, 1.54) is 29.2 Å². The van der Waals surface area contributed by atoms with Gasteiger partial charge < -0.3 is 15.8 Å². The molecule has 3 rings (SSSR count). The van der Waals surface area contributed by atoms with E-state index in [-0.39, 0.29) is 22.8 Å². The molecule has 0 spiro atoms. The van der Waals surface area contributed by atoms with Crippen LogP contribution in [0.4, 0.5) is 9.52 Å². The van der Waals surface area contributed by atoms with Crippen LogP contribution >= 0.6 is 34.7 Å². The van der Waals surface area contributed by atoms with Gasteiger partial charge in [-0.25, -0.2) is 4.39 Å². The highest BCUT2D eigenvalue weighted by Gasteiger charge is 2.21. The fraction of sp³-hybridized carbons (Fsp3) is 0.438. The Morgan fingerprint density at radius 2 is 2.37 bits per heavy atom. The number of hydrogen-bond acceptors (Lipinski definition) is 8. The second kappa shape index (κ2) is 9.65. The first-order valence-electron chi connectivity index (χ1n) is 8.26. The molecule has 1 atom stereocenters. The van der Waals surface area contributed by atoms with E-state index in [0.717, 1.165) is 12.1 Å². The number of anilines is 1. The van der Waals surface area contributed by atoms with Crippen molar-refractivity contribution in [3.8, 4) is 0 Å². The van der Waals surface area contributed by atoms with Gasteiger partial charge in [0.1, 0.15) is 5.82 Å². The predicted octanol–water partition coefficient (Wildman–Crippen LogP) is 2.02. The van der Waals surface area contributed by atoms with Gasteiger partial charge in [0, 0.05) is 26.2 Å². The summed E-state index contributed by atoms with van der Waals surface area (Å²) in [5, 5.41) is 11.0. The second-order valence-corrected chi connectivity index (χ2v) is 8.61. The molecule has 1 fully saturated rings. The van der Waals surface area contributed by atoms with Gasteiger partial charge in [0.15, 0.2) is 4.34 Å². The van der Waals surface area contributed by atoms with Gasteiger partial charge in [0.25, 0.3) is 0 Å². The summed E-state index contributed by atoms with van der Waals surface area (Å²) >= 11 is 8.39. The van der Waals surface area contributed by atoms with Crippen LogP contribution in [0.5, 0.6) is 0 Å². The van der Waals surface area contributed by atoms with Gasteiger partial charge in [-0.2, -0.15) is 0 Å². The van der Waals surface area contributed by atoms with Crippen LogP contribution in [0.3, 0.4) is 0 Å². The molecule has 27 heavy (non-hydrogen) atoms. The Kier molecular flexibility index (Phi) is 7.25. The lowest BCUT2D eigenvalue weighted by atomic mass is 10.2. The van der Waals surface area contributed by atoms with Crippen molar-refractivity contribution in [2.45, 2.75) is 17.0 Å². The topological polar surface area (TPSA) is 93.4 Å². The van der Waals surface area contributed by atoms with Gasteiger partial charge in [-0.3, -0.25) is 9.69 Å². The Morgan fingerprint density at radius 3 is 3.11 bits per heavy atom. The van der Waals surface area contributed by atoms with Crippen LogP contribution < -0.4 is 11.1 Å². The molecule has 1 aliphatic heterocycles. The molecule has 11 heteroatoms. The molecule has 1 saturated heterocycles. The Bertz CT molecular complexity index is 794. The van der Waals surface area contributed by atoms with Crippen molar-refractivity contribution in [1.82, 2.24) is 20.4 Å². The number of carbonyl (C=O) groups is 1. The molecule has 146 valence electrons. The summed E-state index contributed by atoms with van der Waals surface area (Å²) in [7, 11) is 0. The second-order valence-electron chi connectivity index (χ2n) is 5.98. The number of ether oxygens (including phenoxy) is 1. The van der Waals surface area contributed by atoms with E-state index in [0.29, 0.717) is 35.7 Å². The molecule has 0 radical (unpaired) electrons. The first-order valence-corrected chi connectivity index (χ1v) is 10.4. The van der Waals surface area contributed by atoms with Gasteiger partial charge >= 0.3 is 0 Å². The molecular weight excluding hydrogens is 413 g/mol. The van der Waals surface area contributed by atoms with Gasteiger partial charge in [-0.15, -0.1) is 10.2 Å². The maximum atomic E-state index is 13.3. The summed E-state index contributed by atoms with van der Waals surface area (Å²) in [4.78, 5) is 14.2. The number of aromatic nitrogens is 2. The van der Waals surface area contributed by atoms with E-state index in [9.17, 15) is 9.18 Å². The van der Waals surface area contributed by atoms with Crippen molar-refractivity contribution in [2.75, 3.05) is 37.7 Å². The molecule has 2 aromatic rings. The van der Waals surface area contributed by atoms with E-state index < -0.39 is 5.82 Å². The maximum absolute atomic E-state index is 13.3. The normalized spacial score (nSPS) is 17.8. The zero-order valence-corrected chi connectivity index (χ0v) is 16.7. The molecule has 1 amide bonds. The largest absolute Gasteiger partial charge is 0.374 e. The third-order valence-electron chi connectivity index (χ3n) is 3.89. The van der Waals surface area contributed by atoms with Crippen LogP contribution in [0.2, 0.25) is 5.02 Å². The molecule has 1 aromatic heterocycles. The predicted molar refractivity (Wildman–Crippen MR) is 104 cm³/mol. The summed E-state index contributed by atoms with van der Waals surface area (Å²) in [6.07, 6.45) is -0.0965. The fourth-order valence-electron chi connectivity index (χ4n) is 2.63. The highest BCUT2D eigenvalue weighted by Crippen LogP contribution is 2.23. The van der Waals surface area contributed by atoms with Crippen molar-refractivity contribution >= 4 is 45.7 Å². The van der Waals surface area contributed by atoms with E-state index >= 15 is 0 Å². The molecular formula is C16H19ClFN5O2S2. The van der Waals surface area contributed by atoms with E-state index in [1.54, 1.807) is 12.1 Å². The van der Waals surface area contributed by atoms with E-state index in [2.05, 4.69) is 20.4 Å². The van der Waals surface area contributed by atoms with Crippen LogP contribution in [-0.4, -0.2) is 59.1 Å². The number of halogens is 2. The number of carbonyl (C=O) groups excluding carboxylic acids is 1. The van der Waals surface area contributed by atoms with Crippen LogP contribution in [0.15, 0.2) is 22.5 Å². The standard InChI is InChI=1S/C16H19ClFN5O2S2/c17-12-5-10(1-2-13(12)18)7-23-3-4-25-11(8-23)6-20-14(24)9-26-16-22-21-15(19)27-16/h1-2,5,11H,3-4,6-9H2,(H2,19,21)(H,20,24). The van der Waals surface area contributed by atoms with E-state index in [1.807, 2.05) is 0 Å². The number of amides is 1. The number of nitrogens with two attached hydrogens (primary N) is 1. The highest BCUT2D eigenvalue weighted by atomic mass is 35.5. The minimum Gasteiger partial charge on any atom is -0.374 e. The first kappa shape index (κ1) is 20.3. The van der Waals surface area contributed by atoms with Crippen LogP contribution in [-0.2, 0) is 16.1 Å². The fourth-order valence-corrected chi connectivity index (χ4v) is 4.30. The van der Waals surface area contributed by atoms with Crippen molar-refractivity contribution in [3.05, 3.63) is 34.6 Å². The average Bonchev–Trinajstić information content (AvgIpc) is 3.07. The van der Waals surface area contributed by atoms with Crippen molar-refractivity contribution in [2.24, 2.45) is 0 Å². The third-order valence-corrected chi connectivity index (χ3v) is 6.06. The van der Waals surface area contributed by atoms with Gasteiger partial charge in [-0.05, 0) is 17.7 Å². The molecule has 1 aromatic carbocycles. The monoisotopic (exact) mass is 431 g/mol. The Morgan fingerprint density at radius 1 is 1.52 bits per heavy atom. The molecule has 1 unspecified atom stereocenters. The van der Waals surface area contributed by atoms with Crippen molar-refractivity contribution in [3.63, 3.8) is 0 Å². The van der Waals surface area contributed by atoms with Crippen molar-refractivity contribution in [1.29, 1.82) is 0 Å². The van der Waals surface area contributed by atoms with Gasteiger partial charge in [-0.1, -0.05) is 40.8 Å². The zero-order valence-electron chi connectivity index (χ0n) is 14.4. The van der Waals surface area contributed by atoms with Crippen LogP contribution in [0.25, 0.3) is 0 Å². The molecule has 7 nitrogen and oxygen atoms in total. The smallest absolute Gasteiger partial charge is 0.230 e. The van der Waals surface area contributed by atoms with Crippen molar-refractivity contribution < 1.29 is 13.9 Å². The summed E-state index contributed by atoms with van der Waals surface area (Å²) in [5.74, 6) is -0.268. The van der Waals surface area contributed by atoms with Gasteiger partial charge in [0.2, 0.25) is 11.0 Å². The molecule has 3 N–H and O–H groups in total. The number of hydrogen-bond donors (Lipinski definition) is 2. The summed E-state index contributed by atoms with van der Waals surface area (Å²) in [6.45, 7) is 3.11.